The molecule has 0 amide bonds. The molecule has 0 aliphatic rings. The Labute approximate surface area is 93.6 Å². The van der Waals surface area contributed by atoms with Gasteiger partial charge in [0.15, 0.2) is 0 Å². The molecule has 80 valence electrons. The molecule has 1 heterocycles. The highest BCUT2D eigenvalue weighted by atomic mass is 35.5. The van der Waals surface area contributed by atoms with E-state index in [1.165, 1.54) is 0 Å². The average molecular weight is 224 g/mol. The van der Waals surface area contributed by atoms with Crippen LogP contribution in [0.2, 0.25) is 5.02 Å². The molecule has 4 heteroatoms. The van der Waals surface area contributed by atoms with E-state index in [4.69, 9.17) is 17.3 Å². The lowest BCUT2D eigenvalue weighted by Gasteiger charge is -2.15. The summed E-state index contributed by atoms with van der Waals surface area (Å²) in [5, 5.41) is 0.671. The molecule has 0 atom stereocenters. The van der Waals surface area contributed by atoms with Crippen LogP contribution in [0.25, 0.3) is 11.0 Å². The van der Waals surface area contributed by atoms with Gasteiger partial charge in [0.2, 0.25) is 0 Å². The van der Waals surface area contributed by atoms with Gasteiger partial charge in [0.05, 0.1) is 10.5 Å². The largest absolute Gasteiger partial charge is 0.342 e. The van der Waals surface area contributed by atoms with Gasteiger partial charge in [-0.3, -0.25) is 0 Å². The van der Waals surface area contributed by atoms with Gasteiger partial charge < -0.3 is 10.7 Å². The first kappa shape index (κ1) is 10.5. The van der Waals surface area contributed by atoms with Crippen LogP contribution in [0.1, 0.15) is 19.7 Å². The minimum atomic E-state index is -0.264. The van der Waals surface area contributed by atoms with Gasteiger partial charge in [0.25, 0.3) is 0 Å². The Morgan fingerprint density at radius 2 is 2.20 bits per heavy atom. The Hall–Kier alpha value is -1.06. The molecule has 3 nitrogen and oxygen atoms in total. The molecule has 1 aromatic heterocycles. The Morgan fingerprint density at radius 3 is 2.80 bits per heavy atom. The topological polar surface area (TPSA) is 54.7 Å². The van der Waals surface area contributed by atoms with Crippen molar-refractivity contribution in [1.82, 2.24) is 9.97 Å². The van der Waals surface area contributed by atoms with Gasteiger partial charge in [-0.15, -0.1) is 0 Å². The first-order valence-corrected chi connectivity index (χ1v) is 5.25. The number of imidazole rings is 1. The number of rotatable bonds is 2. The Morgan fingerprint density at radius 1 is 1.47 bits per heavy atom. The summed E-state index contributed by atoms with van der Waals surface area (Å²) in [6.45, 7) is 3.95. The highest BCUT2D eigenvalue weighted by Gasteiger charge is 2.15. The first-order chi connectivity index (χ1) is 6.96. The smallest absolute Gasteiger partial charge is 0.109 e. The van der Waals surface area contributed by atoms with E-state index in [9.17, 15) is 0 Å². The number of fused-ring (bicyclic) bond motifs is 1. The molecule has 0 bridgehead atoms. The van der Waals surface area contributed by atoms with Gasteiger partial charge in [0.1, 0.15) is 11.3 Å². The summed E-state index contributed by atoms with van der Waals surface area (Å²) in [5.41, 5.74) is 7.45. The van der Waals surface area contributed by atoms with Crippen LogP contribution in [-0.4, -0.2) is 15.5 Å². The third-order valence-electron chi connectivity index (χ3n) is 2.14. The van der Waals surface area contributed by atoms with Gasteiger partial charge in [-0.2, -0.15) is 0 Å². The fraction of sp³-hybridized carbons (Fsp3) is 0.364. The second-order valence-electron chi connectivity index (χ2n) is 4.48. The van der Waals surface area contributed by atoms with Crippen LogP contribution >= 0.6 is 11.6 Å². The number of nitrogens with one attached hydrogen (secondary N) is 1. The van der Waals surface area contributed by atoms with Crippen molar-refractivity contribution in [2.24, 2.45) is 5.73 Å². The highest BCUT2D eigenvalue weighted by molar-refractivity contribution is 6.34. The number of halogens is 1. The van der Waals surface area contributed by atoms with Crippen LogP contribution in [0.3, 0.4) is 0 Å². The molecule has 0 fully saturated rings. The Balaban J connectivity index is 2.44. The molecule has 0 saturated carbocycles. The number of aromatic amines is 1. The first-order valence-electron chi connectivity index (χ1n) is 4.88. The number of nitrogens with zero attached hydrogens (tertiary/aromatic N) is 1. The third-order valence-corrected chi connectivity index (χ3v) is 2.44. The molecule has 0 spiro atoms. The molecule has 0 aliphatic carbocycles. The second-order valence-corrected chi connectivity index (χ2v) is 4.89. The number of aromatic nitrogens is 2. The minimum Gasteiger partial charge on any atom is -0.342 e. The summed E-state index contributed by atoms with van der Waals surface area (Å²) < 4.78 is 0. The number of para-hydroxylation sites is 1. The van der Waals surface area contributed by atoms with Crippen molar-refractivity contribution in [2.45, 2.75) is 25.8 Å². The molecule has 0 unspecified atom stereocenters. The monoisotopic (exact) mass is 223 g/mol. The van der Waals surface area contributed by atoms with Gasteiger partial charge in [-0.25, -0.2) is 4.98 Å². The fourth-order valence-corrected chi connectivity index (χ4v) is 1.78. The van der Waals surface area contributed by atoms with Crippen LogP contribution in [-0.2, 0) is 6.42 Å². The molecule has 2 rings (SSSR count). The SMILES string of the molecule is CC(C)(N)Cc1nc2c(Cl)cccc2[nH]1. The van der Waals surface area contributed by atoms with E-state index in [1.807, 2.05) is 32.0 Å². The van der Waals surface area contributed by atoms with Crippen molar-refractivity contribution < 1.29 is 0 Å². The van der Waals surface area contributed by atoms with Crippen LogP contribution in [0, 0.1) is 0 Å². The highest BCUT2D eigenvalue weighted by Crippen LogP contribution is 2.21. The summed E-state index contributed by atoms with van der Waals surface area (Å²) in [5.74, 6) is 0.880. The van der Waals surface area contributed by atoms with Gasteiger partial charge in [0, 0.05) is 12.0 Å². The zero-order valence-corrected chi connectivity index (χ0v) is 9.60. The summed E-state index contributed by atoms with van der Waals surface area (Å²) in [6.07, 6.45) is 0.706. The van der Waals surface area contributed by atoms with Gasteiger partial charge in [-0.1, -0.05) is 17.7 Å². The van der Waals surface area contributed by atoms with E-state index in [2.05, 4.69) is 9.97 Å². The summed E-state index contributed by atoms with van der Waals surface area (Å²) in [7, 11) is 0. The molecule has 0 saturated heterocycles. The van der Waals surface area contributed by atoms with Crippen LogP contribution < -0.4 is 5.73 Å². The van der Waals surface area contributed by atoms with E-state index in [-0.39, 0.29) is 5.54 Å². The van der Waals surface area contributed by atoms with Crippen LogP contribution in [0.5, 0.6) is 0 Å². The second kappa shape index (κ2) is 3.51. The molecule has 3 N–H and O–H groups in total. The molecule has 15 heavy (non-hydrogen) atoms. The third kappa shape index (κ3) is 2.30. The normalized spacial score (nSPS) is 12.3. The predicted octanol–water partition coefficient (Wildman–Crippen LogP) is 2.50. The van der Waals surface area contributed by atoms with Crippen molar-refractivity contribution in [3.63, 3.8) is 0 Å². The predicted molar refractivity (Wildman–Crippen MR) is 63.1 cm³/mol. The molecule has 2 aromatic rings. The van der Waals surface area contributed by atoms with E-state index < -0.39 is 0 Å². The van der Waals surface area contributed by atoms with Crippen molar-refractivity contribution >= 4 is 22.6 Å². The Kier molecular flexibility index (Phi) is 2.44. The molecule has 0 radical (unpaired) electrons. The van der Waals surface area contributed by atoms with Gasteiger partial charge >= 0.3 is 0 Å². The van der Waals surface area contributed by atoms with E-state index >= 15 is 0 Å². The maximum atomic E-state index is 6.03. The fourth-order valence-electron chi connectivity index (χ4n) is 1.56. The van der Waals surface area contributed by atoms with Crippen LogP contribution in [0.4, 0.5) is 0 Å². The number of nitrogens with two attached hydrogens (primary N) is 1. The molecular weight excluding hydrogens is 210 g/mol. The summed E-state index contributed by atoms with van der Waals surface area (Å²) >= 11 is 6.03. The number of benzene rings is 1. The molecular formula is C11H14ClN3. The average Bonchev–Trinajstić information content (AvgIpc) is 2.45. The standard InChI is InChI=1S/C11H14ClN3/c1-11(2,13)6-9-14-8-5-3-4-7(12)10(8)15-9/h3-5H,6,13H2,1-2H3,(H,14,15). The van der Waals surface area contributed by atoms with Crippen molar-refractivity contribution in [2.75, 3.05) is 0 Å². The lowest BCUT2D eigenvalue weighted by molar-refractivity contribution is 0.505. The van der Waals surface area contributed by atoms with E-state index in [1.54, 1.807) is 0 Å². The minimum absolute atomic E-state index is 0.264. The molecule has 0 aliphatic heterocycles. The number of hydrogen-bond donors (Lipinski definition) is 2. The quantitative estimate of drug-likeness (QED) is 0.822. The lowest BCUT2D eigenvalue weighted by Crippen LogP contribution is -2.34. The lowest BCUT2D eigenvalue weighted by atomic mass is 10.0. The molecule has 1 aromatic carbocycles. The zero-order chi connectivity index (χ0) is 11.1. The number of H-pyrrole nitrogens is 1. The van der Waals surface area contributed by atoms with Crippen LogP contribution in [0.15, 0.2) is 18.2 Å². The van der Waals surface area contributed by atoms with Crippen molar-refractivity contribution in [1.29, 1.82) is 0 Å². The summed E-state index contributed by atoms with van der Waals surface area (Å²) in [4.78, 5) is 7.65. The van der Waals surface area contributed by atoms with E-state index in [0.717, 1.165) is 16.9 Å². The van der Waals surface area contributed by atoms with E-state index in [0.29, 0.717) is 11.4 Å². The summed E-state index contributed by atoms with van der Waals surface area (Å²) in [6, 6.07) is 5.70. The van der Waals surface area contributed by atoms with Gasteiger partial charge in [-0.05, 0) is 26.0 Å². The maximum absolute atomic E-state index is 6.03. The Bertz CT molecular complexity index is 482. The maximum Gasteiger partial charge on any atom is 0.109 e. The zero-order valence-electron chi connectivity index (χ0n) is 8.84. The van der Waals surface area contributed by atoms with Crippen molar-refractivity contribution in [3.05, 3.63) is 29.0 Å². The van der Waals surface area contributed by atoms with Crippen molar-refractivity contribution in [3.8, 4) is 0 Å². The number of hydrogen-bond acceptors (Lipinski definition) is 2.